The third-order valence-corrected chi connectivity index (χ3v) is 5.70. The van der Waals surface area contributed by atoms with Crippen molar-refractivity contribution in [1.29, 1.82) is 0 Å². The zero-order valence-electron chi connectivity index (χ0n) is 17.8. The average Bonchev–Trinajstić information content (AvgIpc) is 3.10. The molecule has 3 aromatic carbocycles. The zero-order valence-corrected chi connectivity index (χ0v) is 17.8. The Morgan fingerprint density at radius 1 is 1.10 bits per heavy atom. The molecule has 0 aliphatic carbocycles. The summed E-state index contributed by atoms with van der Waals surface area (Å²) < 4.78 is 12.0. The van der Waals surface area contributed by atoms with Gasteiger partial charge >= 0.3 is 5.97 Å². The first-order valence-electron chi connectivity index (χ1n) is 10.3. The van der Waals surface area contributed by atoms with Crippen molar-refractivity contribution in [1.82, 2.24) is 0 Å². The van der Waals surface area contributed by atoms with Crippen LogP contribution < -0.4 is 14.4 Å². The van der Waals surface area contributed by atoms with Gasteiger partial charge in [-0.2, -0.15) is 0 Å². The number of anilines is 1. The fraction of sp³-hybridized carbons (Fsp3) is 0.280. The number of fused-ring (bicyclic) bond motifs is 2. The highest BCUT2D eigenvalue weighted by atomic mass is 16.5. The van der Waals surface area contributed by atoms with E-state index in [4.69, 9.17) is 14.6 Å². The number of hydrogen-bond donors (Lipinski definition) is 1. The van der Waals surface area contributed by atoms with Crippen molar-refractivity contribution >= 4 is 28.3 Å². The minimum Gasteiger partial charge on any atom is -0.496 e. The summed E-state index contributed by atoms with van der Waals surface area (Å²) in [7, 11) is 1.62. The molecule has 1 amide bonds. The minimum atomic E-state index is -0.888. The summed E-state index contributed by atoms with van der Waals surface area (Å²) >= 11 is 0. The summed E-state index contributed by atoms with van der Waals surface area (Å²) in [5, 5.41) is 10.8. The Morgan fingerprint density at radius 2 is 1.74 bits per heavy atom. The molecule has 160 valence electrons. The predicted molar refractivity (Wildman–Crippen MR) is 119 cm³/mol. The fourth-order valence-corrected chi connectivity index (χ4v) is 3.99. The van der Waals surface area contributed by atoms with Crippen LogP contribution in [-0.4, -0.2) is 30.2 Å². The highest BCUT2D eigenvalue weighted by Gasteiger charge is 2.37. The molecule has 0 radical (unpaired) electrons. The van der Waals surface area contributed by atoms with Crippen LogP contribution in [0, 0.1) is 0 Å². The second-order valence-electron chi connectivity index (χ2n) is 7.73. The van der Waals surface area contributed by atoms with Crippen LogP contribution in [0.25, 0.3) is 10.8 Å². The number of benzene rings is 3. The van der Waals surface area contributed by atoms with Crippen LogP contribution in [0.1, 0.15) is 41.8 Å². The van der Waals surface area contributed by atoms with E-state index in [1.54, 1.807) is 36.3 Å². The van der Waals surface area contributed by atoms with Crippen LogP contribution >= 0.6 is 0 Å². The van der Waals surface area contributed by atoms with E-state index >= 15 is 0 Å². The summed E-state index contributed by atoms with van der Waals surface area (Å²) in [6.07, 6.45) is 0.719. The highest BCUT2D eigenvalue weighted by molar-refractivity contribution is 6.16. The minimum absolute atomic E-state index is 0.0435. The van der Waals surface area contributed by atoms with Crippen molar-refractivity contribution < 1.29 is 24.2 Å². The summed E-state index contributed by atoms with van der Waals surface area (Å²) in [5.74, 6) is 0.236. The Kier molecular flexibility index (Phi) is 5.55. The van der Waals surface area contributed by atoms with E-state index in [2.05, 4.69) is 0 Å². The number of methoxy groups -OCH3 is 1. The summed E-state index contributed by atoms with van der Waals surface area (Å²) in [6, 6.07) is 14.8. The number of ether oxygens (including phenoxy) is 2. The van der Waals surface area contributed by atoms with E-state index in [1.807, 2.05) is 38.1 Å². The zero-order chi connectivity index (χ0) is 22.1. The number of carbonyl (C=O) groups is 2. The van der Waals surface area contributed by atoms with Gasteiger partial charge in [0.2, 0.25) is 0 Å². The van der Waals surface area contributed by atoms with E-state index in [-0.39, 0.29) is 18.4 Å². The Labute approximate surface area is 181 Å². The maximum atomic E-state index is 13.6. The van der Waals surface area contributed by atoms with Crippen molar-refractivity contribution in [3.63, 3.8) is 0 Å². The van der Waals surface area contributed by atoms with Gasteiger partial charge in [-0.25, -0.2) is 0 Å². The van der Waals surface area contributed by atoms with Crippen molar-refractivity contribution in [3.8, 4) is 11.5 Å². The van der Waals surface area contributed by atoms with Gasteiger partial charge in [-0.1, -0.05) is 43.3 Å². The number of carboxylic acid groups (broad SMARTS) is 1. The maximum absolute atomic E-state index is 13.6. The third-order valence-electron chi connectivity index (χ3n) is 5.70. The molecule has 1 aliphatic rings. The topological polar surface area (TPSA) is 76.1 Å². The number of rotatable bonds is 7. The molecule has 3 aromatic rings. The molecule has 0 saturated heterocycles. The second kappa shape index (κ2) is 8.30. The third kappa shape index (κ3) is 3.69. The summed E-state index contributed by atoms with van der Waals surface area (Å²) in [6.45, 7) is 4.39. The van der Waals surface area contributed by atoms with Gasteiger partial charge in [-0.15, -0.1) is 0 Å². The molecule has 0 saturated carbocycles. The van der Waals surface area contributed by atoms with Gasteiger partial charge in [0.1, 0.15) is 11.5 Å². The molecule has 6 nitrogen and oxygen atoms in total. The molecule has 0 fully saturated rings. The molecule has 0 unspecified atom stereocenters. The molecule has 1 atom stereocenters. The van der Waals surface area contributed by atoms with Gasteiger partial charge in [0.05, 0.1) is 31.7 Å². The van der Waals surface area contributed by atoms with Gasteiger partial charge in [0.25, 0.3) is 5.91 Å². The number of aliphatic carboxylic acids is 1. The molecular weight excluding hydrogens is 394 g/mol. The Bertz CT molecular complexity index is 1150. The first-order valence-corrected chi connectivity index (χ1v) is 10.3. The second-order valence-corrected chi connectivity index (χ2v) is 7.73. The molecule has 6 heteroatoms. The standard InChI is InChI=1S/C25H25NO5/c1-4-15(2)31-24-19-8-6-5-7-18(19)23(30-3)20-14-26(25(29)22(20)24)17-11-9-16(10-12-17)13-21(27)28/h5-12,15H,4,13-14H2,1-3H3,(H,27,28)/t15-/m1/s1. The number of hydrogen-bond acceptors (Lipinski definition) is 4. The highest BCUT2D eigenvalue weighted by Crippen LogP contribution is 2.46. The fourth-order valence-electron chi connectivity index (χ4n) is 3.99. The van der Waals surface area contributed by atoms with Crippen LogP contribution in [0.2, 0.25) is 0 Å². The lowest BCUT2D eigenvalue weighted by Gasteiger charge is -2.19. The van der Waals surface area contributed by atoms with Crippen LogP contribution in [-0.2, 0) is 17.8 Å². The Morgan fingerprint density at radius 3 is 2.32 bits per heavy atom. The Balaban J connectivity index is 1.83. The molecule has 1 aliphatic heterocycles. The van der Waals surface area contributed by atoms with Gasteiger partial charge in [0, 0.05) is 22.0 Å². The summed E-state index contributed by atoms with van der Waals surface area (Å²) in [5.41, 5.74) is 2.73. The number of carbonyl (C=O) groups excluding carboxylic acids is 1. The summed E-state index contributed by atoms with van der Waals surface area (Å²) in [4.78, 5) is 26.2. The molecule has 31 heavy (non-hydrogen) atoms. The first kappa shape index (κ1) is 20.7. The van der Waals surface area contributed by atoms with E-state index in [0.717, 1.165) is 22.8 Å². The molecule has 0 bridgehead atoms. The van der Waals surface area contributed by atoms with E-state index in [9.17, 15) is 9.59 Å². The van der Waals surface area contributed by atoms with Crippen molar-refractivity contribution in [2.75, 3.05) is 12.0 Å². The maximum Gasteiger partial charge on any atom is 0.307 e. The van der Waals surface area contributed by atoms with Crippen molar-refractivity contribution in [2.45, 2.75) is 39.3 Å². The van der Waals surface area contributed by atoms with Crippen LogP contribution in [0.4, 0.5) is 5.69 Å². The van der Waals surface area contributed by atoms with Crippen molar-refractivity contribution in [2.24, 2.45) is 0 Å². The monoisotopic (exact) mass is 419 g/mol. The van der Waals surface area contributed by atoms with Gasteiger partial charge in [-0.3, -0.25) is 9.59 Å². The largest absolute Gasteiger partial charge is 0.496 e. The van der Waals surface area contributed by atoms with E-state index in [1.165, 1.54) is 0 Å². The first-order chi connectivity index (χ1) is 14.9. The predicted octanol–water partition coefficient (Wildman–Crippen LogP) is 4.81. The van der Waals surface area contributed by atoms with Crippen LogP contribution in [0.5, 0.6) is 11.5 Å². The lowest BCUT2D eigenvalue weighted by atomic mass is 9.99. The smallest absolute Gasteiger partial charge is 0.307 e. The SMILES string of the molecule is CC[C@@H](C)Oc1c2c(c(OC)c3ccccc13)CN(c1ccc(CC(=O)O)cc1)C2=O. The van der Waals surface area contributed by atoms with Crippen molar-refractivity contribution in [3.05, 3.63) is 65.2 Å². The molecule has 0 spiro atoms. The van der Waals surface area contributed by atoms with E-state index < -0.39 is 5.97 Å². The number of carboxylic acids is 1. The van der Waals surface area contributed by atoms with Crippen LogP contribution in [0.3, 0.4) is 0 Å². The van der Waals surface area contributed by atoms with E-state index in [0.29, 0.717) is 34.9 Å². The lowest BCUT2D eigenvalue weighted by Crippen LogP contribution is -2.23. The van der Waals surface area contributed by atoms with Crippen LogP contribution in [0.15, 0.2) is 48.5 Å². The quantitative estimate of drug-likeness (QED) is 0.595. The normalized spacial score (nSPS) is 13.9. The molecule has 4 rings (SSSR count). The molecule has 1 heterocycles. The molecule has 1 N–H and O–H groups in total. The molecule has 0 aromatic heterocycles. The average molecular weight is 419 g/mol. The number of nitrogens with zero attached hydrogens (tertiary/aromatic N) is 1. The number of amides is 1. The van der Waals surface area contributed by atoms with Gasteiger partial charge < -0.3 is 19.5 Å². The Hall–Kier alpha value is -3.54. The van der Waals surface area contributed by atoms with Gasteiger partial charge in [0.15, 0.2) is 0 Å². The molecular formula is C25H25NO5. The van der Waals surface area contributed by atoms with Gasteiger partial charge in [-0.05, 0) is 31.0 Å². The lowest BCUT2D eigenvalue weighted by molar-refractivity contribution is -0.136.